The van der Waals surface area contributed by atoms with E-state index in [1.807, 2.05) is 59.5 Å². The van der Waals surface area contributed by atoms with E-state index in [1.54, 1.807) is 0 Å². The smallest absolute Gasteiger partial charge is 0.164 e. The van der Waals surface area contributed by atoms with E-state index in [4.69, 9.17) is 4.98 Å². The Kier molecular flexibility index (Phi) is 11.4. The molecule has 237 valence electrons. The number of fused-ring (bicyclic) bond motifs is 3. The number of aromatic nitrogens is 1. The van der Waals surface area contributed by atoms with E-state index in [1.165, 1.54) is 43.2 Å². The van der Waals surface area contributed by atoms with Crippen LogP contribution in [0.15, 0.2) is 70.3 Å². The second-order valence-electron chi connectivity index (χ2n) is 13.5. The molecule has 0 aliphatic carbocycles. The predicted octanol–water partition coefficient (Wildman–Crippen LogP) is 11.6. The van der Waals surface area contributed by atoms with E-state index in [0.29, 0.717) is 0 Å². The molecule has 5 rings (SSSR count). The third kappa shape index (κ3) is 6.86. The van der Waals surface area contributed by atoms with Crippen LogP contribution in [-0.4, -0.2) is 15.9 Å². The van der Waals surface area contributed by atoms with Gasteiger partial charge in [-0.25, -0.2) is 0 Å². The van der Waals surface area contributed by atoms with Crippen molar-refractivity contribution in [1.82, 2.24) is 4.98 Å². The van der Waals surface area contributed by atoms with Crippen LogP contribution in [0.1, 0.15) is 99.1 Å². The molecule has 44 heavy (non-hydrogen) atoms. The van der Waals surface area contributed by atoms with Crippen LogP contribution in [-0.2, 0) is 30.3 Å². The SMILES string of the molecule is CCC(C)(CC)C(=O)/C=C(\O)C(C)(CC)CC.Cc1cnc2c3c(ccc(C(C)(C)C)c13)Sc1cc3ccccc3[c-]c1-2.[Ir]. The first-order valence-corrected chi connectivity index (χ1v) is 16.6. The van der Waals surface area contributed by atoms with Gasteiger partial charge < -0.3 is 5.11 Å². The summed E-state index contributed by atoms with van der Waals surface area (Å²) in [5.74, 6) is 0.286. The van der Waals surface area contributed by atoms with Crippen molar-refractivity contribution in [3.05, 3.63) is 77.7 Å². The first kappa shape index (κ1) is 36.0. The fraction of sp³-hybridized carbons (Fsp3) is 0.436. The van der Waals surface area contributed by atoms with Crippen LogP contribution >= 0.6 is 11.8 Å². The van der Waals surface area contributed by atoms with E-state index in [0.717, 1.165) is 42.3 Å². The molecule has 1 N–H and O–H groups in total. The van der Waals surface area contributed by atoms with Crippen LogP contribution in [0.25, 0.3) is 32.8 Å². The van der Waals surface area contributed by atoms with Crippen LogP contribution in [0, 0.1) is 23.8 Å². The Labute approximate surface area is 282 Å². The molecule has 0 saturated heterocycles. The number of ketones is 1. The first-order chi connectivity index (χ1) is 20.2. The Bertz CT molecular complexity index is 1690. The topological polar surface area (TPSA) is 50.2 Å². The predicted molar refractivity (Wildman–Crippen MR) is 184 cm³/mol. The van der Waals surface area contributed by atoms with Crippen LogP contribution in [0.2, 0.25) is 0 Å². The van der Waals surface area contributed by atoms with Gasteiger partial charge in [0.05, 0.1) is 0 Å². The van der Waals surface area contributed by atoms with Crippen LogP contribution in [0.3, 0.4) is 0 Å². The van der Waals surface area contributed by atoms with E-state index < -0.39 is 0 Å². The molecule has 0 spiro atoms. The molecule has 1 radical (unpaired) electrons. The number of aliphatic hydroxyl groups is 1. The Morgan fingerprint density at radius 3 is 2.09 bits per heavy atom. The summed E-state index contributed by atoms with van der Waals surface area (Å²) in [6, 6.07) is 18.9. The van der Waals surface area contributed by atoms with Crippen molar-refractivity contribution in [2.24, 2.45) is 10.8 Å². The summed E-state index contributed by atoms with van der Waals surface area (Å²) >= 11 is 1.85. The number of pyridine rings is 1. The first-order valence-electron chi connectivity index (χ1n) is 15.7. The van der Waals surface area contributed by atoms with Crippen LogP contribution in [0.4, 0.5) is 0 Å². The fourth-order valence-electron chi connectivity index (χ4n) is 5.62. The average Bonchev–Trinajstić information content (AvgIpc) is 3.00. The number of benzene rings is 3. The maximum absolute atomic E-state index is 12.2. The second-order valence-corrected chi connectivity index (χ2v) is 14.6. The third-order valence-electron chi connectivity index (χ3n) is 9.81. The van der Waals surface area contributed by atoms with Gasteiger partial charge in [0, 0.05) is 53.8 Å². The molecule has 3 aromatic carbocycles. The molecule has 0 bridgehead atoms. The minimum absolute atomic E-state index is 0. The number of nitrogens with zero attached hydrogens (tertiary/aromatic N) is 1. The molecule has 1 aliphatic rings. The summed E-state index contributed by atoms with van der Waals surface area (Å²) < 4.78 is 0. The summed E-state index contributed by atoms with van der Waals surface area (Å²) in [5, 5.41) is 15.2. The second kappa shape index (κ2) is 13.9. The van der Waals surface area contributed by atoms with Crippen LogP contribution in [0.5, 0.6) is 0 Å². The van der Waals surface area contributed by atoms with Crippen molar-refractivity contribution in [1.29, 1.82) is 0 Å². The van der Waals surface area contributed by atoms with E-state index in [2.05, 4.69) is 76.2 Å². The molecular weight excluding hydrogens is 739 g/mol. The zero-order valence-corrected chi connectivity index (χ0v) is 31.3. The average molecular weight is 787 g/mol. The van der Waals surface area contributed by atoms with Gasteiger partial charge in [-0.15, -0.1) is 35.3 Å². The van der Waals surface area contributed by atoms with E-state index in [-0.39, 0.29) is 47.9 Å². The minimum atomic E-state index is -0.337. The standard InChI is InChI=1S/C24H20NS.C15H28O2.Ir/c1-14-13-25-23-17-11-15-7-5-6-8-16(15)12-20(17)26-19-10-9-18(24(2,3)4)21(14)22(19)23;1-7-14(5,8-2)12(16)11-13(17)15(6,9-3)10-4;/h5-10,12-13H,1-4H3;11,16H,7-10H2,1-6H3;/q-1;;/b;12-11-;. The summed E-state index contributed by atoms with van der Waals surface area (Å²) in [7, 11) is 0. The maximum Gasteiger partial charge on any atom is 0.164 e. The molecule has 2 heterocycles. The van der Waals surface area contributed by atoms with Gasteiger partial charge in [0.15, 0.2) is 5.78 Å². The van der Waals surface area contributed by atoms with E-state index in [9.17, 15) is 9.90 Å². The molecule has 0 atom stereocenters. The molecule has 0 unspecified atom stereocenters. The van der Waals surface area contributed by atoms with Gasteiger partial charge in [0.1, 0.15) is 5.76 Å². The van der Waals surface area contributed by atoms with Crippen molar-refractivity contribution in [3.8, 4) is 11.3 Å². The molecule has 3 nitrogen and oxygen atoms in total. The molecule has 0 fully saturated rings. The monoisotopic (exact) mass is 787 g/mol. The van der Waals surface area contributed by atoms with E-state index >= 15 is 0 Å². The maximum atomic E-state index is 12.2. The summed E-state index contributed by atoms with van der Waals surface area (Å²) in [6.07, 6.45) is 6.78. The fourth-order valence-corrected chi connectivity index (χ4v) is 6.73. The molecular formula is C39H48IrNO2S-. The number of aryl methyl sites for hydroxylation is 1. The minimum Gasteiger partial charge on any atom is -0.512 e. The molecule has 5 heteroatoms. The Hall–Kier alpha value is -2.46. The largest absolute Gasteiger partial charge is 0.512 e. The molecule has 0 saturated carbocycles. The zero-order valence-electron chi connectivity index (χ0n) is 28.1. The Balaban J connectivity index is 0.000000260. The van der Waals surface area contributed by atoms with Crippen molar-refractivity contribution in [2.45, 2.75) is 110 Å². The number of allylic oxidation sites excluding steroid dienone is 2. The van der Waals surface area contributed by atoms with Gasteiger partial charge in [-0.1, -0.05) is 97.5 Å². The molecule has 1 aliphatic heterocycles. The normalized spacial score (nSPS) is 13.2. The number of carbonyl (C=O) groups is 1. The number of hydrogen-bond acceptors (Lipinski definition) is 4. The van der Waals surface area contributed by atoms with Crippen molar-refractivity contribution >= 4 is 39.1 Å². The van der Waals surface area contributed by atoms with Gasteiger partial charge in [-0.3, -0.25) is 9.78 Å². The van der Waals surface area contributed by atoms with Crippen LogP contribution < -0.4 is 0 Å². The van der Waals surface area contributed by atoms with Crippen molar-refractivity contribution < 1.29 is 30.0 Å². The van der Waals surface area contributed by atoms with Gasteiger partial charge in [-0.05, 0) is 70.9 Å². The summed E-state index contributed by atoms with van der Waals surface area (Å²) in [5.41, 5.74) is 4.35. The number of carbonyl (C=O) groups excluding carboxylic acids is 1. The van der Waals surface area contributed by atoms with Crippen molar-refractivity contribution in [2.75, 3.05) is 0 Å². The number of aliphatic hydroxyl groups excluding tert-OH is 1. The third-order valence-corrected chi connectivity index (χ3v) is 10.9. The van der Waals surface area contributed by atoms with Crippen molar-refractivity contribution in [3.63, 3.8) is 0 Å². The molecule has 0 amide bonds. The number of hydrogen-bond donors (Lipinski definition) is 1. The summed E-state index contributed by atoms with van der Waals surface area (Å²) in [4.78, 5) is 19.6. The molecule has 1 aromatic heterocycles. The van der Waals surface area contributed by atoms with Gasteiger partial charge in [0.2, 0.25) is 0 Å². The zero-order chi connectivity index (χ0) is 31.7. The Morgan fingerprint density at radius 1 is 0.886 bits per heavy atom. The summed E-state index contributed by atoms with van der Waals surface area (Å²) in [6.45, 7) is 21.1. The van der Waals surface area contributed by atoms with Gasteiger partial charge in [-0.2, -0.15) is 0 Å². The molecule has 4 aromatic rings. The number of rotatable bonds is 7. The van der Waals surface area contributed by atoms with Gasteiger partial charge in [0.25, 0.3) is 0 Å². The Morgan fingerprint density at radius 2 is 1.50 bits per heavy atom. The quantitative estimate of drug-likeness (QED) is 0.101. The van der Waals surface area contributed by atoms with Gasteiger partial charge >= 0.3 is 0 Å².